The SMILES string of the molecule is Cc1cc(C)c2c(c1)N(c1cc3c4c(c1)N(c1ccc5sc6ccccc6c5c1)c1cc(C(C)(C)C)ccc1B4c1ccc(C(C)(C)C)cc1N3c1ccc3c(c1)oc1ccccc13)C1(C)CCCCC21C. The van der Waals surface area contributed by atoms with Crippen LogP contribution in [0.4, 0.5) is 45.5 Å². The topological polar surface area (TPSA) is 22.9 Å². The molecular weight excluding hydrogens is 894 g/mol. The summed E-state index contributed by atoms with van der Waals surface area (Å²) in [6.07, 6.45) is 4.76. The lowest BCUT2D eigenvalue weighted by molar-refractivity contribution is 0.194. The van der Waals surface area contributed by atoms with Gasteiger partial charge in [-0.05, 0) is 161 Å². The van der Waals surface area contributed by atoms with Crippen LogP contribution in [-0.4, -0.2) is 12.3 Å². The number of para-hydroxylation sites is 1. The van der Waals surface area contributed by atoms with Gasteiger partial charge in [0.05, 0.1) is 5.54 Å². The molecule has 1 saturated carbocycles. The van der Waals surface area contributed by atoms with Gasteiger partial charge in [-0.3, -0.25) is 0 Å². The van der Waals surface area contributed by atoms with Crippen molar-refractivity contribution in [1.29, 1.82) is 0 Å². The fraction of sp³-hybridized carbons (Fsp3) is 0.273. The second-order valence-electron chi connectivity index (χ2n) is 24.2. The van der Waals surface area contributed by atoms with Gasteiger partial charge in [-0.25, -0.2) is 0 Å². The summed E-state index contributed by atoms with van der Waals surface area (Å²) in [6, 6.07) is 56.5. The van der Waals surface area contributed by atoms with Crippen molar-refractivity contribution >= 4 is 122 Å². The van der Waals surface area contributed by atoms with Crippen LogP contribution in [0.3, 0.4) is 0 Å². The predicted octanol–water partition coefficient (Wildman–Crippen LogP) is 17.0. The molecule has 72 heavy (non-hydrogen) atoms. The Morgan fingerprint density at radius 1 is 0.514 bits per heavy atom. The van der Waals surface area contributed by atoms with Gasteiger partial charge in [0.2, 0.25) is 0 Å². The third-order valence-corrected chi connectivity index (χ3v) is 19.0. The zero-order chi connectivity index (χ0) is 49.4. The highest BCUT2D eigenvalue weighted by Gasteiger charge is 2.59. The first-order valence-electron chi connectivity index (χ1n) is 26.3. The molecule has 5 heterocycles. The summed E-state index contributed by atoms with van der Waals surface area (Å²) in [5.74, 6) is 0. The molecule has 0 amide bonds. The molecule has 3 aliphatic heterocycles. The molecule has 4 nitrogen and oxygen atoms in total. The Labute approximate surface area is 429 Å². The van der Waals surface area contributed by atoms with Crippen LogP contribution in [-0.2, 0) is 16.2 Å². The van der Waals surface area contributed by atoms with E-state index in [1.807, 2.05) is 11.3 Å². The maximum Gasteiger partial charge on any atom is 0.252 e. The van der Waals surface area contributed by atoms with E-state index >= 15 is 0 Å². The van der Waals surface area contributed by atoms with Crippen LogP contribution < -0.4 is 31.1 Å². The summed E-state index contributed by atoms with van der Waals surface area (Å²) in [5.41, 5.74) is 22.2. The molecule has 2 atom stereocenters. The predicted molar refractivity (Wildman–Crippen MR) is 310 cm³/mol. The third-order valence-electron chi connectivity index (χ3n) is 17.8. The first kappa shape index (κ1) is 44.0. The fourth-order valence-corrected chi connectivity index (χ4v) is 15.2. The van der Waals surface area contributed by atoms with Crippen molar-refractivity contribution in [1.82, 2.24) is 0 Å². The normalized spacial score (nSPS) is 19.3. The lowest BCUT2D eigenvalue weighted by Crippen LogP contribution is -2.61. The zero-order valence-corrected chi connectivity index (χ0v) is 44.2. The molecule has 2 unspecified atom stereocenters. The smallest absolute Gasteiger partial charge is 0.252 e. The average molecular weight is 956 g/mol. The molecule has 1 fully saturated rings. The van der Waals surface area contributed by atoms with E-state index in [-0.39, 0.29) is 28.5 Å². The number of fused-ring (bicyclic) bond motifs is 13. The van der Waals surface area contributed by atoms with Crippen molar-refractivity contribution in [3.05, 3.63) is 173 Å². The fourth-order valence-electron chi connectivity index (χ4n) is 14.1. The number of aryl methyl sites for hydroxylation is 2. The summed E-state index contributed by atoms with van der Waals surface area (Å²) in [6.45, 7) is 23.9. The second-order valence-corrected chi connectivity index (χ2v) is 25.3. The van der Waals surface area contributed by atoms with Gasteiger partial charge in [-0.15, -0.1) is 11.3 Å². The minimum atomic E-state index is -0.151. The average Bonchev–Trinajstić information content (AvgIpc) is 3.97. The summed E-state index contributed by atoms with van der Waals surface area (Å²) >= 11 is 1.89. The number of benzene rings is 8. The van der Waals surface area contributed by atoms with Crippen molar-refractivity contribution in [2.45, 2.75) is 117 Å². The lowest BCUT2D eigenvalue weighted by Gasteiger charge is -2.51. The molecule has 6 heteroatoms. The Morgan fingerprint density at radius 2 is 1.11 bits per heavy atom. The van der Waals surface area contributed by atoms with E-state index in [0.29, 0.717) is 0 Å². The molecule has 0 spiro atoms. The standard InChI is InChI=1S/C66H62BN3OS/c1-39-31-40(2)61-54(32-39)70(66(10)30-16-15-29-65(61,66)9)45-36-55-62-56(37-45)69(44-23-25-47-46-17-11-13-19-57(46)71-58(47)38-44)53-34-42(64(6,7)8)22-27-51(53)67(62)50-26-21-41(63(3,4)5)33-52(50)68(55)43-24-28-60-49(35-43)48-18-12-14-20-59(48)72-60/h11-14,17-28,31-38H,15-16,29-30H2,1-10H3. The summed E-state index contributed by atoms with van der Waals surface area (Å²) in [4.78, 5) is 8.09. The number of rotatable bonds is 3. The lowest BCUT2D eigenvalue weighted by atomic mass is 9.33. The maximum atomic E-state index is 6.74. The number of hydrogen-bond acceptors (Lipinski definition) is 5. The Morgan fingerprint density at radius 3 is 1.81 bits per heavy atom. The first-order valence-corrected chi connectivity index (χ1v) is 27.1. The minimum absolute atomic E-state index is 0.0175. The Bertz CT molecular complexity index is 3960. The number of thiophene rings is 1. The van der Waals surface area contributed by atoms with Crippen molar-refractivity contribution in [2.24, 2.45) is 0 Å². The third kappa shape index (κ3) is 6.05. The Hall–Kier alpha value is -6.76. The van der Waals surface area contributed by atoms with Crippen molar-refractivity contribution in [3.63, 3.8) is 0 Å². The molecule has 14 rings (SSSR count). The number of anilines is 8. The van der Waals surface area contributed by atoms with Gasteiger partial charge in [-0.1, -0.05) is 128 Å². The van der Waals surface area contributed by atoms with Crippen LogP contribution in [0.1, 0.15) is 109 Å². The Kier molecular flexibility index (Phi) is 9.11. The van der Waals surface area contributed by atoms with Gasteiger partial charge in [0.25, 0.3) is 6.71 Å². The first-order chi connectivity index (χ1) is 34.5. The van der Waals surface area contributed by atoms with Gasteiger partial charge in [0.15, 0.2) is 0 Å². The molecule has 356 valence electrons. The second kappa shape index (κ2) is 14.9. The minimum Gasteiger partial charge on any atom is -0.456 e. The molecule has 1 aliphatic carbocycles. The van der Waals surface area contributed by atoms with Crippen LogP contribution in [0.5, 0.6) is 0 Å². The highest BCUT2D eigenvalue weighted by Crippen LogP contribution is 2.63. The van der Waals surface area contributed by atoms with E-state index in [9.17, 15) is 0 Å². The van der Waals surface area contributed by atoms with Gasteiger partial charge < -0.3 is 19.1 Å². The van der Waals surface area contributed by atoms with Crippen molar-refractivity contribution in [2.75, 3.05) is 14.7 Å². The van der Waals surface area contributed by atoms with Gasteiger partial charge >= 0.3 is 0 Å². The monoisotopic (exact) mass is 955 g/mol. The van der Waals surface area contributed by atoms with E-state index < -0.39 is 0 Å². The molecule has 0 bridgehead atoms. The van der Waals surface area contributed by atoms with Crippen molar-refractivity contribution < 1.29 is 4.42 Å². The van der Waals surface area contributed by atoms with Crippen LogP contribution in [0.15, 0.2) is 150 Å². The number of nitrogens with zero attached hydrogens (tertiary/aromatic N) is 3. The van der Waals surface area contributed by atoms with E-state index in [0.717, 1.165) is 34.0 Å². The van der Waals surface area contributed by atoms with Gasteiger partial charge in [-0.2, -0.15) is 0 Å². The Balaban J connectivity index is 1.13. The van der Waals surface area contributed by atoms with E-state index in [1.165, 1.54) is 123 Å². The number of furan rings is 1. The largest absolute Gasteiger partial charge is 0.456 e. The maximum absolute atomic E-state index is 6.74. The molecule has 2 aromatic heterocycles. The van der Waals surface area contributed by atoms with Crippen molar-refractivity contribution in [3.8, 4) is 0 Å². The van der Waals surface area contributed by atoms with Crippen LogP contribution in [0.2, 0.25) is 0 Å². The van der Waals surface area contributed by atoms with Crippen LogP contribution in [0, 0.1) is 13.8 Å². The van der Waals surface area contributed by atoms with Gasteiger partial charge in [0, 0.05) is 87.9 Å². The molecular formula is C66H62BN3OS. The molecule has 0 saturated heterocycles. The van der Waals surface area contributed by atoms with E-state index in [1.54, 1.807) is 0 Å². The number of hydrogen-bond donors (Lipinski definition) is 0. The molecule has 0 radical (unpaired) electrons. The van der Waals surface area contributed by atoms with Gasteiger partial charge in [0.1, 0.15) is 11.2 Å². The van der Waals surface area contributed by atoms with Crippen LogP contribution in [0.25, 0.3) is 42.1 Å². The quantitative estimate of drug-likeness (QED) is 0.165. The molecule has 4 aliphatic rings. The van der Waals surface area contributed by atoms with E-state index in [4.69, 9.17) is 4.42 Å². The molecule has 8 aromatic carbocycles. The summed E-state index contributed by atoms with van der Waals surface area (Å²) in [5, 5.41) is 4.90. The highest BCUT2D eigenvalue weighted by molar-refractivity contribution is 7.25. The summed E-state index contributed by atoms with van der Waals surface area (Å²) in [7, 11) is 0. The molecule has 10 aromatic rings. The van der Waals surface area contributed by atoms with E-state index in [2.05, 4.69) is 230 Å². The van der Waals surface area contributed by atoms with Crippen LogP contribution >= 0.6 is 11.3 Å². The zero-order valence-electron chi connectivity index (χ0n) is 43.4. The molecule has 0 N–H and O–H groups in total. The highest BCUT2D eigenvalue weighted by atomic mass is 32.1. The summed E-state index contributed by atoms with van der Waals surface area (Å²) < 4.78 is 9.38.